The van der Waals surface area contributed by atoms with Gasteiger partial charge in [0.15, 0.2) is 0 Å². The van der Waals surface area contributed by atoms with Crippen molar-refractivity contribution in [3.05, 3.63) is 16.1 Å². The number of aromatic nitrogens is 1. The Balaban J connectivity index is 2.04. The zero-order chi connectivity index (χ0) is 11.5. The van der Waals surface area contributed by atoms with Crippen molar-refractivity contribution in [1.29, 1.82) is 0 Å². The smallest absolute Gasteiger partial charge is 0.240 e. The maximum absolute atomic E-state index is 12.0. The highest BCUT2D eigenvalue weighted by molar-refractivity contribution is 7.09. The molecule has 0 bridgehead atoms. The first kappa shape index (κ1) is 11.5. The summed E-state index contributed by atoms with van der Waals surface area (Å²) in [6.45, 7) is 3.58. The molecule has 1 aromatic heterocycles. The first-order valence-corrected chi connectivity index (χ1v) is 6.45. The maximum Gasteiger partial charge on any atom is 0.240 e. The lowest BCUT2D eigenvalue weighted by molar-refractivity contribution is -0.136. The molecule has 1 saturated heterocycles. The van der Waals surface area contributed by atoms with Crippen LogP contribution >= 0.6 is 11.3 Å². The topological polar surface area (TPSA) is 45.2 Å². The number of likely N-dealkylation sites (N-methyl/N-ethyl adjacent to an activating group) is 1. The minimum absolute atomic E-state index is 0.00183. The van der Waals surface area contributed by atoms with Crippen molar-refractivity contribution in [3.8, 4) is 0 Å². The molecular formula is C11H17N3OS. The molecule has 0 radical (unpaired) electrons. The summed E-state index contributed by atoms with van der Waals surface area (Å²) < 4.78 is 0. The van der Waals surface area contributed by atoms with E-state index in [-0.39, 0.29) is 11.9 Å². The summed E-state index contributed by atoms with van der Waals surface area (Å²) in [6.07, 6.45) is 2.03. The Labute approximate surface area is 99.7 Å². The molecule has 2 rings (SSSR count). The highest BCUT2D eigenvalue weighted by atomic mass is 32.1. The zero-order valence-electron chi connectivity index (χ0n) is 9.69. The molecule has 1 N–H and O–H groups in total. The Morgan fingerprint density at radius 1 is 1.69 bits per heavy atom. The van der Waals surface area contributed by atoms with Crippen LogP contribution in [0.25, 0.3) is 0 Å². The van der Waals surface area contributed by atoms with Gasteiger partial charge in [0.25, 0.3) is 0 Å². The molecule has 1 atom stereocenters. The number of carbonyl (C=O) groups is 1. The summed E-state index contributed by atoms with van der Waals surface area (Å²) in [5.41, 5.74) is 2.89. The van der Waals surface area contributed by atoms with Crippen molar-refractivity contribution in [3.63, 3.8) is 0 Å². The average molecular weight is 239 g/mol. The number of nitrogens with zero attached hydrogens (tertiary/aromatic N) is 2. The van der Waals surface area contributed by atoms with Gasteiger partial charge in [-0.25, -0.2) is 4.98 Å². The molecule has 1 unspecified atom stereocenters. The molecule has 1 fully saturated rings. The van der Waals surface area contributed by atoms with E-state index in [1.807, 2.05) is 24.4 Å². The van der Waals surface area contributed by atoms with Crippen LogP contribution in [0.4, 0.5) is 0 Å². The molecule has 5 heteroatoms. The van der Waals surface area contributed by atoms with Crippen LogP contribution in [0.1, 0.15) is 23.4 Å². The minimum atomic E-state index is 0.00183. The van der Waals surface area contributed by atoms with Gasteiger partial charge in [-0.15, -0.1) is 11.3 Å². The van der Waals surface area contributed by atoms with Gasteiger partial charge in [0.2, 0.25) is 5.91 Å². The number of likely N-dealkylation sites (tertiary alicyclic amines) is 1. The Bertz CT molecular complexity index is 377. The van der Waals surface area contributed by atoms with Gasteiger partial charge < -0.3 is 10.2 Å². The summed E-state index contributed by atoms with van der Waals surface area (Å²) >= 11 is 1.63. The summed E-state index contributed by atoms with van der Waals surface area (Å²) in [6, 6.07) is 0.00183. The van der Waals surface area contributed by atoms with Gasteiger partial charge in [-0.1, -0.05) is 0 Å². The van der Waals surface area contributed by atoms with Crippen LogP contribution in [0.2, 0.25) is 0 Å². The van der Waals surface area contributed by atoms with Crippen molar-refractivity contribution >= 4 is 17.2 Å². The number of hydrogen-bond donors (Lipinski definition) is 1. The van der Waals surface area contributed by atoms with Gasteiger partial charge in [-0.2, -0.15) is 0 Å². The SMILES string of the molecule is CNC1CCCN(Cc2scnc2C)C1=O. The maximum atomic E-state index is 12.0. The van der Waals surface area contributed by atoms with E-state index in [1.165, 1.54) is 4.88 Å². The number of carbonyl (C=O) groups excluding carboxylic acids is 1. The van der Waals surface area contributed by atoms with Gasteiger partial charge in [0, 0.05) is 11.4 Å². The Morgan fingerprint density at radius 2 is 2.50 bits per heavy atom. The van der Waals surface area contributed by atoms with E-state index in [1.54, 1.807) is 11.3 Å². The normalized spacial score (nSPS) is 21.5. The molecule has 1 aliphatic heterocycles. The first-order chi connectivity index (χ1) is 7.72. The largest absolute Gasteiger partial charge is 0.336 e. The van der Waals surface area contributed by atoms with E-state index in [9.17, 15) is 4.79 Å². The van der Waals surface area contributed by atoms with Crippen LogP contribution in [0.5, 0.6) is 0 Å². The monoisotopic (exact) mass is 239 g/mol. The predicted octanol–water partition coefficient (Wildman–Crippen LogP) is 1.16. The van der Waals surface area contributed by atoms with Gasteiger partial charge in [-0.3, -0.25) is 4.79 Å². The van der Waals surface area contributed by atoms with Crippen LogP contribution < -0.4 is 5.32 Å². The fourth-order valence-corrected chi connectivity index (χ4v) is 2.81. The lowest BCUT2D eigenvalue weighted by Crippen LogP contribution is -2.49. The number of piperidine rings is 1. The van der Waals surface area contributed by atoms with Gasteiger partial charge in [0.1, 0.15) is 0 Å². The van der Waals surface area contributed by atoms with Crippen LogP contribution in [0, 0.1) is 6.92 Å². The highest BCUT2D eigenvalue weighted by Crippen LogP contribution is 2.19. The van der Waals surface area contributed by atoms with Crippen LogP contribution in [0.3, 0.4) is 0 Å². The predicted molar refractivity (Wildman–Crippen MR) is 64.3 cm³/mol. The summed E-state index contributed by atoms with van der Waals surface area (Å²) in [4.78, 5) is 19.4. The molecule has 1 aliphatic rings. The Morgan fingerprint density at radius 3 is 3.12 bits per heavy atom. The number of thiazole rings is 1. The van der Waals surface area contributed by atoms with Crippen LogP contribution in [0.15, 0.2) is 5.51 Å². The van der Waals surface area contributed by atoms with Crippen molar-refractivity contribution in [2.24, 2.45) is 0 Å². The van der Waals surface area contributed by atoms with E-state index in [4.69, 9.17) is 0 Å². The van der Waals surface area contributed by atoms with E-state index < -0.39 is 0 Å². The number of aryl methyl sites for hydroxylation is 1. The number of hydrogen-bond acceptors (Lipinski definition) is 4. The lowest BCUT2D eigenvalue weighted by Gasteiger charge is -2.31. The minimum Gasteiger partial charge on any atom is -0.336 e. The van der Waals surface area contributed by atoms with Gasteiger partial charge in [-0.05, 0) is 26.8 Å². The summed E-state index contributed by atoms with van der Waals surface area (Å²) in [5, 5.41) is 3.07. The molecule has 1 amide bonds. The number of amides is 1. The molecule has 0 aliphatic carbocycles. The molecular weight excluding hydrogens is 222 g/mol. The molecule has 16 heavy (non-hydrogen) atoms. The number of nitrogens with one attached hydrogen (secondary N) is 1. The van der Waals surface area contributed by atoms with E-state index in [0.717, 1.165) is 25.1 Å². The van der Waals surface area contributed by atoms with Gasteiger partial charge in [0.05, 0.1) is 23.8 Å². The van der Waals surface area contributed by atoms with E-state index in [2.05, 4.69) is 10.3 Å². The third-order valence-electron chi connectivity index (χ3n) is 3.06. The fraction of sp³-hybridized carbons (Fsp3) is 0.636. The third-order valence-corrected chi connectivity index (χ3v) is 3.98. The quantitative estimate of drug-likeness (QED) is 0.861. The third kappa shape index (κ3) is 2.25. The van der Waals surface area contributed by atoms with Crippen molar-refractivity contribution in [2.45, 2.75) is 32.4 Å². The van der Waals surface area contributed by atoms with Crippen molar-refractivity contribution < 1.29 is 4.79 Å². The second-order valence-corrected chi connectivity index (χ2v) is 5.04. The summed E-state index contributed by atoms with van der Waals surface area (Å²) in [7, 11) is 1.85. The second kappa shape index (κ2) is 4.93. The Kier molecular flexibility index (Phi) is 3.56. The molecule has 4 nitrogen and oxygen atoms in total. The molecule has 88 valence electrons. The van der Waals surface area contributed by atoms with E-state index in [0.29, 0.717) is 6.54 Å². The number of rotatable bonds is 3. The average Bonchev–Trinajstić information content (AvgIpc) is 2.68. The second-order valence-electron chi connectivity index (χ2n) is 4.10. The first-order valence-electron chi connectivity index (χ1n) is 5.57. The zero-order valence-corrected chi connectivity index (χ0v) is 10.5. The molecule has 1 aromatic rings. The molecule has 2 heterocycles. The fourth-order valence-electron chi connectivity index (χ4n) is 2.02. The van der Waals surface area contributed by atoms with Gasteiger partial charge >= 0.3 is 0 Å². The van der Waals surface area contributed by atoms with E-state index >= 15 is 0 Å². The van der Waals surface area contributed by atoms with Crippen molar-refractivity contribution in [2.75, 3.05) is 13.6 Å². The molecule has 0 spiro atoms. The molecule has 0 saturated carbocycles. The van der Waals surface area contributed by atoms with Crippen LogP contribution in [-0.4, -0.2) is 35.4 Å². The van der Waals surface area contributed by atoms with Crippen LogP contribution in [-0.2, 0) is 11.3 Å². The molecule has 0 aromatic carbocycles. The standard InChI is InChI=1S/C11H17N3OS/c1-8-10(16-7-13-8)6-14-5-3-4-9(12-2)11(14)15/h7,9,12H,3-6H2,1-2H3. The highest BCUT2D eigenvalue weighted by Gasteiger charge is 2.27. The van der Waals surface area contributed by atoms with Crippen molar-refractivity contribution in [1.82, 2.24) is 15.2 Å². The summed E-state index contributed by atoms with van der Waals surface area (Å²) in [5.74, 6) is 0.224. The lowest BCUT2D eigenvalue weighted by atomic mass is 10.1. The Hall–Kier alpha value is -0.940.